The summed E-state index contributed by atoms with van der Waals surface area (Å²) in [5.74, 6) is -0.984. The maximum absolute atomic E-state index is 10.9. The number of primary amides is 1. The first kappa shape index (κ1) is 8.73. The first-order chi connectivity index (χ1) is 5.65. The lowest BCUT2D eigenvalue weighted by Crippen LogP contribution is -2.08. The molecule has 4 nitrogen and oxygen atoms in total. The Morgan fingerprint density at radius 2 is 2.00 bits per heavy atom. The van der Waals surface area contributed by atoms with Crippen LogP contribution in [-0.2, 0) is 4.74 Å². The molecule has 0 fully saturated rings. The van der Waals surface area contributed by atoms with Crippen molar-refractivity contribution in [1.82, 2.24) is 0 Å². The molecule has 0 aliphatic carbocycles. The van der Waals surface area contributed by atoms with Crippen molar-refractivity contribution in [2.24, 2.45) is 5.73 Å². The number of amides is 1. The molecular formula is C7H7NO3S. The third kappa shape index (κ3) is 1.62. The summed E-state index contributed by atoms with van der Waals surface area (Å²) in [5, 5.41) is 0. The van der Waals surface area contributed by atoms with E-state index in [4.69, 9.17) is 5.73 Å². The summed E-state index contributed by atoms with van der Waals surface area (Å²) in [6.07, 6.45) is 0. The highest BCUT2D eigenvalue weighted by Crippen LogP contribution is 2.16. The molecule has 2 N–H and O–H groups in total. The lowest BCUT2D eigenvalue weighted by atomic mass is 10.4. The van der Waals surface area contributed by atoms with E-state index in [-0.39, 0.29) is 0 Å². The SMILES string of the molecule is COC(=O)c1ccc(C(N)=O)s1. The van der Waals surface area contributed by atoms with Gasteiger partial charge in [0, 0.05) is 0 Å². The number of esters is 1. The average molecular weight is 185 g/mol. The highest BCUT2D eigenvalue weighted by Gasteiger charge is 2.10. The summed E-state index contributed by atoms with van der Waals surface area (Å²) >= 11 is 1.02. The minimum absolute atomic E-state index is 0.357. The molecule has 0 atom stereocenters. The van der Waals surface area contributed by atoms with Crippen LogP contribution in [0.3, 0.4) is 0 Å². The molecule has 1 heterocycles. The Balaban J connectivity index is 2.91. The zero-order valence-corrected chi connectivity index (χ0v) is 7.18. The molecule has 12 heavy (non-hydrogen) atoms. The quantitative estimate of drug-likeness (QED) is 0.687. The number of methoxy groups -OCH3 is 1. The number of ether oxygens (including phenoxy) is 1. The van der Waals surface area contributed by atoms with Crippen LogP contribution >= 0.6 is 11.3 Å². The van der Waals surface area contributed by atoms with Gasteiger partial charge in [0.05, 0.1) is 12.0 Å². The monoisotopic (exact) mass is 185 g/mol. The van der Waals surface area contributed by atoms with Crippen molar-refractivity contribution in [1.29, 1.82) is 0 Å². The molecule has 0 aromatic carbocycles. The maximum atomic E-state index is 10.9. The number of carbonyl (C=O) groups is 2. The highest BCUT2D eigenvalue weighted by molar-refractivity contribution is 7.15. The zero-order chi connectivity index (χ0) is 9.14. The third-order valence-electron chi connectivity index (χ3n) is 1.24. The highest BCUT2D eigenvalue weighted by atomic mass is 32.1. The second kappa shape index (κ2) is 3.36. The van der Waals surface area contributed by atoms with Gasteiger partial charge in [-0.25, -0.2) is 4.79 Å². The second-order valence-corrected chi connectivity index (χ2v) is 3.10. The normalized spacial score (nSPS) is 9.42. The van der Waals surface area contributed by atoms with Crippen molar-refractivity contribution in [3.8, 4) is 0 Å². The number of hydrogen-bond acceptors (Lipinski definition) is 4. The van der Waals surface area contributed by atoms with Crippen LogP contribution in [0.5, 0.6) is 0 Å². The van der Waals surface area contributed by atoms with Crippen molar-refractivity contribution in [2.45, 2.75) is 0 Å². The van der Waals surface area contributed by atoms with E-state index in [9.17, 15) is 9.59 Å². The Bertz CT molecular complexity index is 318. The molecule has 0 aliphatic rings. The Hall–Kier alpha value is -1.36. The Morgan fingerprint density at radius 1 is 1.42 bits per heavy atom. The standard InChI is InChI=1S/C7H7NO3S/c1-11-7(10)5-3-2-4(12-5)6(8)9/h2-3H,1H3,(H2,8,9). The average Bonchev–Trinajstić information content (AvgIpc) is 2.51. The molecule has 0 saturated carbocycles. The number of nitrogens with two attached hydrogens (primary N) is 1. The van der Waals surface area contributed by atoms with Gasteiger partial charge in [-0.15, -0.1) is 11.3 Å². The van der Waals surface area contributed by atoms with E-state index in [1.165, 1.54) is 19.2 Å². The molecule has 1 aromatic heterocycles. The van der Waals surface area contributed by atoms with Crippen LogP contribution in [0.25, 0.3) is 0 Å². The molecule has 0 aliphatic heterocycles. The van der Waals surface area contributed by atoms with E-state index < -0.39 is 11.9 Å². The van der Waals surface area contributed by atoms with Gasteiger partial charge < -0.3 is 10.5 Å². The van der Waals surface area contributed by atoms with Gasteiger partial charge in [-0.05, 0) is 12.1 Å². The van der Waals surface area contributed by atoms with Gasteiger partial charge >= 0.3 is 5.97 Å². The Labute approximate surface area is 72.9 Å². The minimum atomic E-state index is -0.532. The predicted octanol–water partition coefficient (Wildman–Crippen LogP) is 0.634. The van der Waals surface area contributed by atoms with Crippen LogP contribution < -0.4 is 5.73 Å². The molecule has 0 saturated heterocycles. The summed E-state index contributed by atoms with van der Waals surface area (Å²) in [5.41, 5.74) is 4.99. The first-order valence-electron chi connectivity index (χ1n) is 3.13. The molecule has 0 radical (unpaired) electrons. The molecule has 1 rings (SSSR count). The van der Waals surface area contributed by atoms with Crippen molar-refractivity contribution >= 4 is 23.2 Å². The number of thiophene rings is 1. The fourth-order valence-corrected chi connectivity index (χ4v) is 1.46. The van der Waals surface area contributed by atoms with E-state index >= 15 is 0 Å². The van der Waals surface area contributed by atoms with Crippen molar-refractivity contribution < 1.29 is 14.3 Å². The Kier molecular flexibility index (Phi) is 2.44. The molecule has 0 unspecified atom stereocenters. The van der Waals surface area contributed by atoms with E-state index in [1.54, 1.807) is 0 Å². The van der Waals surface area contributed by atoms with Crippen LogP contribution in [0, 0.1) is 0 Å². The van der Waals surface area contributed by atoms with Crippen molar-refractivity contribution in [2.75, 3.05) is 7.11 Å². The van der Waals surface area contributed by atoms with Gasteiger partial charge in [0.25, 0.3) is 5.91 Å². The molecular weight excluding hydrogens is 178 g/mol. The zero-order valence-electron chi connectivity index (χ0n) is 6.37. The van der Waals surface area contributed by atoms with E-state index in [1.807, 2.05) is 0 Å². The first-order valence-corrected chi connectivity index (χ1v) is 3.94. The Morgan fingerprint density at radius 3 is 2.42 bits per heavy atom. The van der Waals surface area contributed by atoms with Crippen molar-refractivity contribution in [3.63, 3.8) is 0 Å². The number of carbonyl (C=O) groups excluding carboxylic acids is 2. The van der Waals surface area contributed by atoms with E-state index in [0.717, 1.165) is 11.3 Å². The minimum Gasteiger partial charge on any atom is -0.465 e. The fourth-order valence-electron chi connectivity index (χ4n) is 0.681. The maximum Gasteiger partial charge on any atom is 0.348 e. The molecule has 64 valence electrons. The summed E-state index contributed by atoms with van der Waals surface area (Å²) in [4.78, 5) is 22.2. The molecule has 0 spiro atoms. The summed E-state index contributed by atoms with van der Waals surface area (Å²) < 4.78 is 4.45. The molecule has 1 amide bonds. The molecule has 5 heteroatoms. The topological polar surface area (TPSA) is 69.4 Å². The lowest BCUT2D eigenvalue weighted by molar-refractivity contribution is 0.0606. The summed E-state index contributed by atoms with van der Waals surface area (Å²) in [7, 11) is 1.28. The van der Waals surface area contributed by atoms with Crippen LogP contribution in [0.1, 0.15) is 19.3 Å². The van der Waals surface area contributed by atoms with E-state index in [2.05, 4.69) is 4.74 Å². The van der Waals surface area contributed by atoms with Crippen LogP contribution in [-0.4, -0.2) is 19.0 Å². The van der Waals surface area contributed by atoms with Crippen LogP contribution in [0.2, 0.25) is 0 Å². The predicted molar refractivity (Wildman–Crippen MR) is 44.2 cm³/mol. The van der Waals surface area contributed by atoms with Crippen molar-refractivity contribution in [3.05, 3.63) is 21.9 Å². The largest absolute Gasteiger partial charge is 0.465 e. The van der Waals surface area contributed by atoms with Gasteiger partial charge in [-0.3, -0.25) is 4.79 Å². The second-order valence-electron chi connectivity index (χ2n) is 2.02. The van der Waals surface area contributed by atoms with Gasteiger partial charge in [0.2, 0.25) is 0 Å². The third-order valence-corrected chi connectivity index (χ3v) is 2.32. The lowest BCUT2D eigenvalue weighted by Gasteiger charge is -1.91. The van der Waals surface area contributed by atoms with Gasteiger partial charge in [0.15, 0.2) is 0 Å². The van der Waals surface area contributed by atoms with Crippen LogP contribution in [0.4, 0.5) is 0 Å². The smallest absolute Gasteiger partial charge is 0.348 e. The molecule has 1 aromatic rings. The fraction of sp³-hybridized carbons (Fsp3) is 0.143. The number of hydrogen-bond donors (Lipinski definition) is 1. The summed E-state index contributed by atoms with van der Waals surface area (Å²) in [6.45, 7) is 0. The molecule has 0 bridgehead atoms. The van der Waals surface area contributed by atoms with Gasteiger partial charge in [-0.1, -0.05) is 0 Å². The van der Waals surface area contributed by atoms with E-state index in [0.29, 0.717) is 9.75 Å². The van der Waals surface area contributed by atoms with Gasteiger partial charge in [0.1, 0.15) is 4.88 Å². The van der Waals surface area contributed by atoms with Crippen LogP contribution in [0.15, 0.2) is 12.1 Å². The summed E-state index contributed by atoms with van der Waals surface area (Å²) in [6, 6.07) is 3.01. The van der Waals surface area contributed by atoms with Gasteiger partial charge in [-0.2, -0.15) is 0 Å². The number of rotatable bonds is 2.